The maximum absolute atomic E-state index is 13.1. The summed E-state index contributed by atoms with van der Waals surface area (Å²) in [5.41, 5.74) is 2.68. The highest BCUT2D eigenvalue weighted by Gasteiger charge is 2.23. The van der Waals surface area contributed by atoms with Gasteiger partial charge in [-0.1, -0.05) is 36.4 Å². The largest absolute Gasteiger partial charge is 0.480 e. The molecule has 0 bridgehead atoms. The highest BCUT2D eigenvalue weighted by molar-refractivity contribution is 7.98. The third-order valence-corrected chi connectivity index (χ3v) is 6.48. The molecule has 0 radical (unpaired) electrons. The Morgan fingerprint density at radius 3 is 2.69 bits per heavy atom. The van der Waals surface area contributed by atoms with E-state index in [1.165, 1.54) is 11.8 Å². The summed E-state index contributed by atoms with van der Waals surface area (Å²) >= 11 is 6.78. The average molecular weight is 516 g/mol. The van der Waals surface area contributed by atoms with Crippen molar-refractivity contribution in [1.82, 2.24) is 16.0 Å². The number of amides is 2. The molecule has 3 rings (SSSR count). The maximum atomic E-state index is 13.1. The number of carbonyl (C=O) groups excluding carboxylic acids is 2. The first kappa shape index (κ1) is 26.5. The molecule has 1 unspecified atom stereocenters. The number of thiocarbonyl (C=S) groups is 1. The number of hydrogen-bond acceptors (Lipinski definition) is 6. The number of nitrogens with one attached hydrogen (secondary N) is 3. The predicted molar refractivity (Wildman–Crippen MR) is 140 cm³/mol. The standard InChI is InChI=1S/C25H29N3O5S2/c1-35-12-11-21(24(31)32)28-23(30)19-9-7-16(13-20(19)17-5-3-2-4-6-17)15-33-25(34)26-14-18-8-10-22(29)27-18/h2-7,9,13,18,21H,8,10-12,14-15H2,1H3,(H,26,34)(H,27,29)(H,28,30)(H,31,32)/t18?,21-/m0/s1. The predicted octanol–water partition coefficient (Wildman–Crippen LogP) is 2.96. The van der Waals surface area contributed by atoms with Crippen LogP contribution in [-0.4, -0.2) is 58.7 Å². The molecule has 4 N–H and O–H groups in total. The zero-order valence-corrected chi connectivity index (χ0v) is 21.0. The van der Waals surface area contributed by atoms with Gasteiger partial charge in [-0.05, 0) is 65.9 Å². The topological polar surface area (TPSA) is 117 Å². The van der Waals surface area contributed by atoms with Gasteiger partial charge in [0.15, 0.2) is 0 Å². The SMILES string of the molecule is CSCC[C@H](NC(=O)c1ccc(COC(=S)NCC2CCC(=O)N2)cc1-c1ccccc1)C(=O)O. The number of rotatable bonds is 11. The van der Waals surface area contributed by atoms with Gasteiger partial charge in [0.25, 0.3) is 11.1 Å². The van der Waals surface area contributed by atoms with Crippen LogP contribution < -0.4 is 16.0 Å². The molecule has 2 aromatic rings. The number of carboxylic acid groups (broad SMARTS) is 1. The molecule has 2 amide bonds. The summed E-state index contributed by atoms with van der Waals surface area (Å²) in [6, 6.07) is 13.8. The number of aliphatic carboxylic acids is 1. The van der Waals surface area contributed by atoms with E-state index < -0.39 is 17.9 Å². The highest BCUT2D eigenvalue weighted by atomic mass is 32.2. The quantitative estimate of drug-likeness (QED) is 0.338. The van der Waals surface area contributed by atoms with E-state index in [4.69, 9.17) is 17.0 Å². The van der Waals surface area contributed by atoms with Gasteiger partial charge in [0.05, 0.1) is 0 Å². The molecule has 186 valence electrons. The summed E-state index contributed by atoms with van der Waals surface area (Å²) in [5.74, 6) is -0.835. The van der Waals surface area contributed by atoms with Crippen LogP contribution in [0.15, 0.2) is 48.5 Å². The maximum Gasteiger partial charge on any atom is 0.326 e. The van der Waals surface area contributed by atoms with Crippen LogP contribution in [0.25, 0.3) is 11.1 Å². The van der Waals surface area contributed by atoms with Crippen LogP contribution in [0.2, 0.25) is 0 Å². The van der Waals surface area contributed by atoms with Crippen molar-refractivity contribution in [2.45, 2.75) is 38.0 Å². The summed E-state index contributed by atoms with van der Waals surface area (Å²) in [5, 5.41) is 18.3. The highest BCUT2D eigenvalue weighted by Crippen LogP contribution is 2.26. The molecule has 8 nitrogen and oxygen atoms in total. The second kappa shape index (κ2) is 13.1. The van der Waals surface area contributed by atoms with Gasteiger partial charge in [-0.25, -0.2) is 4.79 Å². The minimum absolute atomic E-state index is 0.0390. The molecular weight excluding hydrogens is 486 g/mol. The number of ether oxygens (including phenoxy) is 1. The molecule has 1 aliphatic heterocycles. The van der Waals surface area contributed by atoms with E-state index in [1.54, 1.807) is 12.1 Å². The van der Waals surface area contributed by atoms with Gasteiger partial charge in [-0.2, -0.15) is 11.8 Å². The lowest BCUT2D eigenvalue weighted by Crippen LogP contribution is -2.41. The fraction of sp³-hybridized carbons (Fsp3) is 0.360. The Morgan fingerprint density at radius 2 is 2.03 bits per heavy atom. The molecule has 2 aromatic carbocycles. The van der Waals surface area contributed by atoms with Gasteiger partial charge in [-0.15, -0.1) is 0 Å². The molecule has 0 spiro atoms. The van der Waals surface area contributed by atoms with Crippen LogP contribution in [0.5, 0.6) is 0 Å². The molecule has 1 saturated heterocycles. The van der Waals surface area contributed by atoms with Gasteiger partial charge < -0.3 is 25.8 Å². The first-order valence-electron chi connectivity index (χ1n) is 11.3. The molecule has 2 atom stereocenters. The van der Waals surface area contributed by atoms with Gasteiger partial charge in [0.1, 0.15) is 12.6 Å². The van der Waals surface area contributed by atoms with Crippen molar-refractivity contribution in [2.75, 3.05) is 18.6 Å². The first-order valence-corrected chi connectivity index (χ1v) is 13.1. The van der Waals surface area contributed by atoms with Crippen LogP contribution in [0.3, 0.4) is 0 Å². The monoisotopic (exact) mass is 515 g/mol. The van der Waals surface area contributed by atoms with Crippen molar-refractivity contribution in [2.24, 2.45) is 0 Å². The van der Waals surface area contributed by atoms with E-state index >= 15 is 0 Å². The third kappa shape index (κ3) is 7.97. The lowest BCUT2D eigenvalue weighted by atomic mass is 9.96. The molecule has 10 heteroatoms. The van der Waals surface area contributed by atoms with Crippen molar-refractivity contribution < 1.29 is 24.2 Å². The normalized spacial score (nSPS) is 15.7. The van der Waals surface area contributed by atoms with E-state index in [-0.39, 0.29) is 23.7 Å². The fourth-order valence-corrected chi connectivity index (χ4v) is 4.32. The molecule has 1 fully saturated rings. The molecule has 0 aromatic heterocycles. The van der Waals surface area contributed by atoms with E-state index in [2.05, 4.69) is 16.0 Å². The van der Waals surface area contributed by atoms with E-state index in [0.717, 1.165) is 17.5 Å². The second-order valence-corrected chi connectivity index (χ2v) is 9.51. The first-order chi connectivity index (χ1) is 16.9. The summed E-state index contributed by atoms with van der Waals surface area (Å²) < 4.78 is 5.67. The Balaban J connectivity index is 1.70. The van der Waals surface area contributed by atoms with Gasteiger partial charge in [0.2, 0.25) is 5.91 Å². The third-order valence-electron chi connectivity index (χ3n) is 5.58. The molecule has 1 heterocycles. The average Bonchev–Trinajstić information content (AvgIpc) is 3.29. The van der Waals surface area contributed by atoms with Crippen LogP contribution >= 0.6 is 24.0 Å². The molecule has 1 aliphatic rings. The Bertz CT molecular complexity index is 1060. The summed E-state index contributed by atoms with van der Waals surface area (Å²) in [6.07, 6.45) is 3.51. The van der Waals surface area contributed by atoms with Gasteiger partial charge >= 0.3 is 5.97 Å². The number of thioether (sulfide) groups is 1. The second-order valence-electron chi connectivity index (χ2n) is 8.15. The van der Waals surface area contributed by atoms with Crippen molar-refractivity contribution in [3.63, 3.8) is 0 Å². The van der Waals surface area contributed by atoms with Gasteiger partial charge in [-0.3, -0.25) is 9.59 Å². The molecule has 35 heavy (non-hydrogen) atoms. The van der Waals surface area contributed by atoms with Crippen LogP contribution in [0, 0.1) is 0 Å². The molecular formula is C25H29N3O5S2. The minimum Gasteiger partial charge on any atom is -0.480 e. The Morgan fingerprint density at radius 1 is 1.26 bits per heavy atom. The number of benzene rings is 2. The summed E-state index contributed by atoms with van der Waals surface area (Å²) in [4.78, 5) is 36.0. The smallest absolute Gasteiger partial charge is 0.326 e. The number of carbonyl (C=O) groups is 3. The van der Waals surface area contributed by atoms with E-state index in [1.807, 2.05) is 42.7 Å². The minimum atomic E-state index is -1.06. The Labute approximate surface area is 214 Å². The molecule has 0 aliphatic carbocycles. The summed E-state index contributed by atoms with van der Waals surface area (Å²) in [7, 11) is 0. The van der Waals surface area contributed by atoms with E-state index in [9.17, 15) is 19.5 Å². The Hall–Kier alpha value is -3.11. The fourth-order valence-electron chi connectivity index (χ4n) is 3.70. The summed E-state index contributed by atoms with van der Waals surface area (Å²) in [6.45, 7) is 0.691. The van der Waals surface area contributed by atoms with Crippen LogP contribution in [-0.2, 0) is 20.9 Å². The molecule has 0 saturated carbocycles. The number of carboxylic acids is 1. The zero-order chi connectivity index (χ0) is 25.2. The van der Waals surface area contributed by atoms with Crippen LogP contribution in [0.1, 0.15) is 35.2 Å². The zero-order valence-electron chi connectivity index (χ0n) is 19.4. The van der Waals surface area contributed by atoms with Crippen molar-refractivity contribution in [3.05, 3.63) is 59.7 Å². The van der Waals surface area contributed by atoms with Crippen LogP contribution in [0.4, 0.5) is 0 Å². The van der Waals surface area contributed by atoms with Gasteiger partial charge in [0, 0.05) is 24.6 Å². The van der Waals surface area contributed by atoms with E-state index in [0.29, 0.717) is 36.3 Å². The number of hydrogen-bond donors (Lipinski definition) is 4. The lowest BCUT2D eigenvalue weighted by Gasteiger charge is -2.17. The van der Waals surface area contributed by atoms with Crippen molar-refractivity contribution in [3.8, 4) is 11.1 Å². The lowest BCUT2D eigenvalue weighted by molar-refractivity contribution is -0.139. The van der Waals surface area contributed by atoms with Crippen molar-refractivity contribution in [1.29, 1.82) is 0 Å². The van der Waals surface area contributed by atoms with Crippen molar-refractivity contribution >= 4 is 46.9 Å². The Kier molecular flexibility index (Phi) is 9.92.